The van der Waals surface area contributed by atoms with Gasteiger partial charge in [-0.3, -0.25) is 4.79 Å². The molecule has 2 atom stereocenters. The summed E-state index contributed by atoms with van der Waals surface area (Å²) in [7, 11) is 1.24. The highest BCUT2D eigenvalue weighted by molar-refractivity contribution is 5.89. The lowest BCUT2D eigenvalue weighted by Gasteiger charge is -2.24. The minimum atomic E-state index is -0.903. The van der Waals surface area contributed by atoms with Crippen molar-refractivity contribution in [3.8, 4) is 0 Å². The van der Waals surface area contributed by atoms with Gasteiger partial charge in [0.05, 0.1) is 7.11 Å². The number of methoxy groups -OCH3 is 1. The first-order valence-electron chi connectivity index (χ1n) is 11.7. The van der Waals surface area contributed by atoms with E-state index in [0.29, 0.717) is 25.8 Å². The maximum absolute atomic E-state index is 12.9. The number of alkyl carbamates (subject to hydrolysis) is 2. The average Bonchev–Trinajstić information content (AvgIpc) is 2.78. The summed E-state index contributed by atoms with van der Waals surface area (Å²) >= 11 is 0. The van der Waals surface area contributed by atoms with Crippen LogP contribution in [-0.2, 0) is 30.4 Å². The molecule has 0 fully saturated rings. The van der Waals surface area contributed by atoms with Crippen LogP contribution in [0.2, 0.25) is 0 Å². The van der Waals surface area contributed by atoms with Gasteiger partial charge in [-0.1, -0.05) is 44.2 Å². The van der Waals surface area contributed by atoms with E-state index < -0.39 is 41.7 Å². The van der Waals surface area contributed by atoms with Crippen molar-refractivity contribution in [1.82, 2.24) is 16.0 Å². The molecule has 0 aliphatic rings. The Labute approximate surface area is 207 Å². The molecule has 196 valence electrons. The van der Waals surface area contributed by atoms with Crippen molar-refractivity contribution in [3.63, 3.8) is 0 Å². The number of hydrogen-bond acceptors (Lipinski definition) is 7. The molecule has 0 radical (unpaired) electrons. The van der Waals surface area contributed by atoms with Crippen molar-refractivity contribution in [1.29, 1.82) is 0 Å². The van der Waals surface area contributed by atoms with Gasteiger partial charge in [-0.15, -0.1) is 0 Å². The maximum Gasteiger partial charge on any atom is 0.408 e. The molecular formula is C25H39N3O7. The normalized spacial score (nSPS) is 12.8. The predicted molar refractivity (Wildman–Crippen MR) is 130 cm³/mol. The third-order valence-corrected chi connectivity index (χ3v) is 4.83. The van der Waals surface area contributed by atoms with Crippen LogP contribution in [0.4, 0.5) is 9.59 Å². The van der Waals surface area contributed by atoms with Crippen LogP contribution in [0.5, 0.6) is 0 Å². The largest absolute Gasteiger partial charge is 0.467 e. The van der Waals surface area contributed by atoms with Gasteiger partial charge in [0.25, 0.3) is 0 Å². The van der Waals surface area contributed by atoms with Gasteiger partial charge in [0.15, 0.2) is 0 Å². The third kappa shape index (κ3) is 12.7. The smallest absolute Gasteiger partial charge is 0.408 e. The fraction of sp³-hybridized carbons (Fsp3) is 0.600. The van der Waals surface area contributed by atoms with Crippen LogP contribution >= 0.6 is 0 Å². The second-order valence-electron chi connectivity index (χ2n) is 9.44. The Kier molecular flexibility index (Phi) is 12.6. The van der Waals surface area contributed by atoms with Gasteiger partial charge >= 0.3 is 18.2 Å². The van der Waals surface area contributed by atoms with E-state index in [2.05, 4.69) is 16.0 Å². The lowest BCUT2D eigenvalue weighted by Crippen LogP contribution is -2.54. The Morgan fingerprint density at radius 1 is 0.943 bits per heavy atom. The first-order chi connectivity index (χ1) is 16.4. The molecule has 1 aromatic carbocycles. The maximum atomic E-state index is 12.9. The SMILES string of the molecule is COC(=O)[C@H](CCCCNC(=O)OC(C)(C)C)NC(=O)[C@@H](NC(=O)OCc1ccccc1)C(C)C. The molecule has 35 heavy (non-hydrogen) atoms. The molecule has 0 heterocycles. The van der Waals surface area contributed by atoms with Crippen molar-refractivity contribution < 1.29 is 33.4 Å². The first-order valence-corrected chi connectivity index (χ1v) is 11.7. The summed E-state index contributed by atoms with van der Waals surface area (Å²) in [5, 5.41) is 7.88. The summed E-state index contributed by atoms with van der Waals surface area (Å²) in [5.41, 5.74) is 0.236. The number of rotatable bonds is 12. The van der Waals surface area contributed by atoms with Crippen molar-refractivity contribution >= 4 is 24.1 Å². The average molecular weight is 494 g/mol. The Bertz CT molecular complexity index is 822. The lowest BCUT2D eigenvalue weighted by atomic mass is 10.0. The van der Waals surface area contributed by atoms with Crippen LogP contribution in [0.1, 0.15) is 59.4 Å². The van der Waals surface area contributed by atoms with Gasteiger partial charge < -0.3 is 30.2 Å². The second-order valence-corrected chi connectivity index (χ2v) is 9.44. The van der Waals surface area contributed by atoms with E-state index in [1.54, 1.807) is 34.6 Å². The summed E-state index contributed by atoms with van der Waals surface area (Å²) in [6.07, 6.45) is 0.165. The Hall–Kier alpha value is -3.30. The zero-order valence-electron chi connectivity index (χ0n) is 21.5. The molecule has 3 N–H and O–H groups in total. The zero-order chi connectivity index (χ0) is 26.4. The summed E-state index contributed by atoms with van der Waals surface area (Å²) in [6.45, 7) is 9.31. The molecule has 0 spiro atoms. The zero-order valence-corrected chi connectivity index (χ0v) is 21.5. The van der Waals surface area contributed by atoms with Crippen molar-refractivity contribution in [2.45, 2.75) is 78.2 Å². The second kappa shape index (κ2) is 14.9. The topological polar surface area (TPSA) is 132 Å². The van der Waals surface area contributed by atoms with Crippen LogP contribution in [0.3, 0.4) is 0 Å². The minimum absolute atomic E-state index is 0.0707. The number of hydrogen-bond donors (Lipinski definition) is 3. The van der Waals surface area contributed by atoms with E-state index in [4.69, 9.17) is 14.2 Å². The van der Waals surface area contributed by atoms with Crippen LogP contribution < -0.4 is 16.0 Å². The van der Waals surface area contributed by atoms with Crippen LogP contribution in [0.15, 0.2) is 30.3 Å². The minimum Gasteiger partial charge on any atom is -0.467 e. The fourth-order valence-corrected chi connectivity index (χ4v) is 3.06. The highest BCUT2D eigenvalue weighted by Crippen LogP contribution is 2.09. The van der Waals surface area contributed by atoms with E-state index in [1.807, 2.05) is 30.3 Å². The summed E-state index contributed by atoms with van der Waals surface area (Å²) in [6, 6.07) is 7.38. The number of nitrogens with one attached hydrogen (secondary N) is 3. The fourth-order valence-electron chi connectivity index (χ4n) is 3.06. The van der Waals surface area contributed by atoms with Gasteiger partial charge in [0.1, 0.15) is 24.3 Å². The molecule has 3 amide bonds. The molecule has 1 aromatic rings. The molecule has 0 unspecified atom stereocenters. The van der Waals surface area contributed by atoms with E-state index in [-0.39, 0.29) is 12.5 Å². The monoisotopic (exact) mass is 493 g/mol. The highest BCUT2D eigenvalue weighted by Gasteiger charge is 2.29. The van der Waals surface area contributed by atoms with Crippen LogP contribution in [0, 0.1) is 5.92 Å². The number of unbranched alkanes of at least 4 members (excludes halogenated alkanes) is 1. The van der Waals surface area contributed by atoms with Crippen LogP contribution in [0.25, 0.3) is 0 Å². The Balaban J connectivity index is 2.56. The molecule has 1 rings (SSSR count). The number of esters is 1. The van der Waals surface area contributed by atoms with Gasteiger partial charge in [0.2, 0.25) is 5.91 Å². The van der Waals surface area contributed by atoms with Crippen molar-refractivity contribution in [2.75, 3.05) is 13.7 Å². The molecule has 10 nitrogen and oxygen atoms in total. The Morgan fingerprint density at radius 2 is 1.60 bits per heavy atom. The quantitative estimate of drug-likeness (QED) is 0.231. The predicted octanol–water partition coefficient (Wildman–Crippen LogP) is 3.29. The molecule has 0 bridgehead atoms. The third-order valence-electron chi connectivity index (χ3n) is 4.83. The number of amides is 3. The number of carbonyl (C=O) groups is 4. The molecule has 10 heteroatoms. The summed E-state index contributed by atoms with van der Waals surface area (Å²) < 4.78 is 15.2. The molecule has 0 saturated heterocycles. The van der Waals surface area contributed by atoms with Crippen molar-refractivity contribution in [3.05, 3.63) is 35.9 Å². The van der Waals surface area contributed by atoms with E-state index in [1.165, 1.54) is 7.11 Å². The van der Waals surface area contributed by atoms with Gasteiger partial charge in [-0.2, -0.15) is 0 Å². The molecule has 0 saturated carbocycles. The number of carbonyl (C=O) groups excluding carboxylic acids is 4. The van der Waals surface area contributed by atoms with Gasteiger partial charge in [0, 0.05) is 6.54 Å². The molecule has 0 aromatic heterocycles. The van der Waals surface area contributed by atoms with E-state index in [9.17, 15) is 19.2 Å². The number of ether oxygens (including phenoxy) is 3. The van der Waals surface area contributed by atoms with Gasteiger partial charge in [-0.05, 0) is 51.5 Å². The van der Waals surface area contributed by atoms with E-state index in [0.717, 1.165) is 5.56 Å². The molecule has 0 aliphatic carbocycles. The van der Waals surface area contributed by atoms with E-state index >= 15 is 0 Å². The highest BCUT2D eigenvalue weighted by atomic mass is 16.6. The van der Waals surface area contributed by atoms with Crippen LogP contribution in [-0.4, -0.2) is 55.4 Å². The Morgan fingerprint density at radius 3 is 2.17 bits per heavy atom. The first kappa shape index (κ1) is 29.7. The molecular weight excluding hydrogens is 454 g/mol. The van der Waals surface area contributed by atoms with Crippen molar-refractivity contribution in [2.24, 2.45) is 5.92 Å². The molecule has 0 aliphatic heterocycles. The lowest BCUT2D eigenvalue weighted by molar-refractivity contribution is -0.145. The standard InChI is InChI=1S/C25H39N3O7/c1-17(2)20(28-24(32)34-16-18-12-8-7-9-13-18)21(29)27-19(22(30)33-6)14-10-11-15-26-23(31)35-25(3,4)5/h7-9,12-13,17,19-20H,10-11,14-16H2,1-6H3,(H,26,31)(H,27,29)(H,28,32)/t19-,20-/m0/s1. The summed E-state index contributed by atoms with van der Waals surface area (Å²) in [5.74, 6) is -1.36. The summed E-state index contributed by atoms with van der Waals surface area (Å²) in [4.78, 5) is 49.0. The van der Waals surface area contributed by atoms with Gasteiger partial charge in [-0.25, -0.2) is 14.4 Å². The number of benzene rings is 1.